The molecule has 0 spiro atoms. The van der Waals surface area contributed by atoms with E-state index in [-0.39, 0.29) is 11.0 Å². The molecular weight excluding hydrogens is 374 g/mol. The fourth-order valence-electron chi connectivity index (χ4n) is 2.84. The maximum absolute atomic E-state index is 12.4. The predicted molar refractivity (Wildman–Crippen MR) is 110 cm³/mol. The van der Waals surface area contributed by atoms with Gasteiger partial charge in [0.25, 0.3) is 0 Å². The van der Waals surface area contributed by atoms with Crippen LogP contribution in [0.2, 0.25) is 0 Å². The van der Waals surface area contributed by atoms with Crippen molar-refractivity contribution in [1.29, 1.82) is 0 Å². The normalized spacial score (nSPS) is 12.0. The second kappa shape index (κ2) is 7.90. The molecule has 0 N–H and O–H groups in total. The summed E-state index contributed by atoms with van der Waals surface area (Å²) in [6.45, 7) is 1.62. The van der Waals surface area contributed by atoms with Crippen LogP contribution in [0.25, 0.3) is 16.4 Å². The van der Waals surface area contributed by atoms with E-state index >= 15 is 0 Å². The fraction of sp³-hybridized carbons (Fsp3) is 0.0952. The minimum absolute atomic E-state index is 0.0893. The van der Waals surface area contributed by atoms with Gasteiger partial charge < -0.3 is 0 Å². The summed E-state index contributed by atoms with van der Waals surface area (Å²) >= 11 is 3.05. The minimum Gasteiger partial charge on any atom is -0.298 e. The van der Waals surface area contributed by atoms with Gasteiger partial charge in [0.2, 0.25) is 0 Å². The van der Waals surface area contributed by atoms with Crippen molar-refractivity contribution < 1.29 is 4.79 Å². The van der Waals surface area contributed by atoms with Crippen LogP contribution in [0.5, 0.6) is 0 Å². The Labute approximate surface area is 165 Å². The number of aromatic nitrogens is 3. The number of Topliss-reactive ketones (excluding diaryl/α,β-unsaturated/α-hetero) is 1. The van der Waals surface area contributed by atoms with E-state index in [9.17, 15) is 4.79 Å². The summed E-state index contributed by atoms with van der Waals surface area (Å²) in [6, 6.07) is 23.8. The number of carbonyl (C=O) groups is 1. The van der Waals surface area contributed by atoms with Crippen LogP contribution in [0.1, 0.15) is 17.7 Å². The number of thiophene rings is 1. The Morgan fingerprint density at radius 1 is 0.963 bits per heavy atom. The number of ketones is 1. The number of carbonyl (C=O) groups excluding carboxylic acids is 1. The number of nitrogens with zero attached hydrogens (tertiary/aromatic N) is 3. The van der Waals surface area contributed by atoms with Crippen LogP contribution in [0.4, 0.5) is 0 Å². The third-order valence-electron chi connectivity index (χ3n) is 4.08. The number of benzene rings is 2. The van der Waals surface area contributed by atoms with Crippen molar-refractivity contribution in [3.05, 3.63) is 83.7 Å². The van der Waals surface area contributed by atoms with Crippen molar-refractivity contribution in [2.75, 3.05) is 0 Å². The maximum Gasteiger partial charge on any atom is 0.197 e. The number of hydrogen-bond acceptors (Lipinski definition) is 5. The van der Waals surface area contributed by atoms with E-state index in [2.05, 4.69) is 10.2 Å². The van der Waals surface area contributed by atoms with E-state index in [1.54, 1.807) is 18.3 Å². The average molecular weight is 392 g/mol. The lowest BCUT2D eigenvalue weighted by Crippen LogP contribution is -2.07. The molecule has 0 aliphatic heterocycles. The molecule has 0 bridgehead atoms. The summed E-state index contributed by atoms with van der Waals surface area (Å²) in [5, 5.41) is 11.3. The monoisotopic (exact) mass is 391 g/mol. The Bertz CT molecular complexity index is 1030. The Balaban J connectivity index is 1.80. The lowest BCUT2D eigenvalue weighted by atomic mass is 10.1. The van der Waals surface area contributed by atoms with Gasteiger partial charge in [0.1, 0.15) is 5.78 Å². The third-order valence-corrected chi connectivity index (χ3v) is 6.26. The molecule has 0 saturated carbocycles. The third kappa shape index (κ3) is 3.72. The van der Waals surface area contributed by atoms with E-state index in [0.29, 0.717) is 5.16 Å². The van der Waals surface area contributed by atoms with Crippen molar-refractivity contribution in [1.82, 2.24) is 14.8 Å². The van der Waals surface area contributed by atoms with Gasteiger partial charge in [-0.05, 0) is 36.1 Å². The topological polar surface area (TPSA) is 47.8 Å². The van der Waals surface area contributed by atoms with Gasteiger partial charge in [-0.2, -0.15) is 0 Å². The number of para-hydroxylation sites is 1. The molecule has 1 atom stereocenters. The zero-order chi connectivity index (χ0) is 18.6. The molecule has 4 rings (SSSR count). The summed E-state index contributed by atoms with van der Waals surface area (Å²) in [6.07, 6.45) is 0. The molecule has 0 amide bonds. The summed E-state index contributed by atoms with van der Waals surface area (Å²) in [5.74, 6) is 0.876. The van der Waals surface area contributed by atoms with Gasteiger partial charge in [-0.3, -0.25) is 9.36 Å². The first-order valence-electron chi connectivity index (χ1n) is 8.51. The summed E-state index contributed by atoms with van der Waals surface area (Å²) in [4.78, 5) is 13.4. The smallest absolute Gasteiger partial charge is 0.197 e. The number of rotatable bonds is 6. The van der Waals surface area contributed by atoms with Crippen molar-refractivity contribution >= 4 is 28.9 Å². The zero-order valence-corrected chi connectivity index (χ0v) is 16.3. The molecule has 4 aromatic rings. The van der Waals surface area contributed by atoms with E-state index in [0.717, 1.165) is 22.0 Å². The summed E-state index contributed by atoms with van der Waals surface area (Å²) in [5.41, 5.74) is 1.94. The van der Waals surface area contributed by atoms with Crippen LogP contribution in [0.15, 0.2) is 83.3 Å². The van der Waals surface area contributed by atoms with Crippen molar-refractivity contribution in [2.45, 2.75) is 17.3 Å². The molecule has 0 unspecified atom stereocenters. The highest BCUT2D eigenvalue weighted by Crippen LogP contribution is 2.38. The van der Waals surface area contributed by atoms with Gasteiger partial charge in [-0.15, -0.1) is 21.5 Å². The van der Waals surface area contributed by atoms with Gasteiger partial charge in [-0.1, -0.05) is 66.4 Å². The standard InChI is InChI=1S/C21H17N3OS2/c1-15(25)19(16-9-4-2-5-10-16)27-21-23-22-20(18-13-8-14-26-18)24(21)17-11-6-3-7-12-17/h2-14,19H,1H3/t19-/m0/s1. The fourth-order valence-corrected chi connectivity index (χ4v) is 4.59. The second-order valence-electron chi connectivity index (χ2n) is 5.97. The van der Waals surface area contributed by atoms with Gasteiger partial charge in [0.05, 0.1) is 10.1 Å². The number of thioether (sulfide) groups is 1. The molecule has 6 heteroatoms. The van der Waals surface area contributed by atoms with Crippen LogP contribution < -0.4 is 0 Å². The van der Waals surface area contributed by atoms with Crippen molar-refractivity contribution in [3.8, 4) is 16.4 Å². The van der Waals surface area contributed by atoms with Crippen LogP contribution in [0, 0.1) is 0 Å². The summed E-state index contributed by atoms with van der Waals surface area (Å²) in [7, 11) is 0. The van der Waals surface area contributed by atoms with Crippen molar-refractivity contribution in [3.63, 3.8) is 0 Å². The van der Waals surface area contributed by atoms with Gasteiger partial charge in [-0.25, -0.2) is 0 Å². The highest BCUT2D eigenvalue weighted by Gasteiger charge is 2.24. The first-order chi connectivity index (χ1) is 13.2. The zero-order valence-electron chi connectivity index (χ0n) is 14.6. The Kier molecular flexibility index (Phi) is 5.18. The van der Waals surface area contributed by atoms with Gasteiger partial charge in [0, 0.05) is 5.69 Å². The molecule has 2 heterocycles. The largest absolute Gasteiger partial charge is 0.298 e. The molecule has 0 aliphatic rings. The van der Waals surface area contributed by atoms with Crippen molar-refractivity contribution in [2.24, 2.45) is 0 Å². The first kappa shape index (κ1) is 17.7. The predicted octanol–water partition coefficient (Wildman–Crippen LogP) is 5.42. The molecular formula is C21H17N3OS2. The molecule has 2 aromatic carbocycles. The Morgan fingerprint density at radius 2 is 1.67 bits per heavy atom. The van der Waals surface area contributed by atoms with E-state index in [1.807, 2.05) is 82.7 Å². The van der Waals surface area contributed by atoms with Crippen LogP contribution >= 0.6 is 23.1 Å². The Hall–Kier alpha value is -2.70. The highest BCUT2D eigenvalue weighted by atomic mass is 32.2. The second-order valence-corrected chi connectivity index (χ2v) is 7.99. The quantitative estimate of drug-likeness (QED) is 0.412. The molecule has 0 fully saturated rings. The molecule has 4 nitrogen and oxygen atoms in total. The highest BCUT2D eigenvalue weighted by molar-refractivity contribution is 8.00. The van der Waals surface area contributed by atoms with Gasteiger partial charge >= 0.3 is 0 Å². The SMILES string of the molecule is CC(=O)[C@H](Sc1nnc(-c2cccs2)n1-c1ccccc1)c1ccccc1. The van der Waals surface area contributed by atoms with Gasteiger partial charge in [0.15, 0.2) is 11.0 Å². The van der Waals surface area contributed by atoms with Crippen LogP contribution in [-0.2, 0) is 4.79 Å². The summed E-state index contributed by atoms with van der Waals surface area (Å²) < 4.78 is 2.02. The first-order valence-corrected chi connectivity index (χ1v) is 10.3. The van der Waals surface area contributed by atoms with E-state index < -0.39 is 0 Å². The molecule has 0 aliphatic carbocycles. The average Bonchev–Trinajstić information content (AvgIpc) is 3.37. The van der Waals surface area contributed by atoms with E-state index in [4.69, 9.17) is 0 Å². The lowest BCUT2D eigenvalue weighted by molar-refractivity contribution is -0.116. The molecule has 0 radical (unpaired) electrons. The van der Waals surface area contributed by atoms with Crippen LogP contribution in [-0.4, -0.2) is 20.5 Å². The molecule has 27 heavy (non-hydrogen) atoms. The number of hydrogen-bond donors (Lipinski definition) is 0. The molecule has 2 aromatic heterocycles. The lowest BCUT2D eigenvalue weighted by Gasteiger charge is -2.15. The maximum atomic E-state index is 12.4. The van der Waals surface area contributed by atoms with E-state index in [1.165, 1.54) is 11.8 Å². The minimum atomic E-state index is -0.325. The molecule has 0 saturated heterocycles. The molecule has 134 valence electrons. The van der Waals surface area contributed by atoms with Crippen LogP contribution in [0.3, 0.4) is 0 Å². The Morgan fingerprint density at radius 3 is 2.30 bits per heavy atom.